The van der Waals surface area contributed by atoms with Gasteiger partial charge in [-0.15, -0.1) is 0 Å². The topological polar surface area (TPSA) is 55.1 Å². The third-order valence-electron chi connectivity index (χ3n) is 4.08. The molecule has 2 aromatic heterocycles. The van der Waals surface area contributed by atoms with Crippen molar-refractivity contribution in [3.05, 3.63) is 17.0 Å². The van der Waals surface area contributed by atoms with Crippen molar-refractivity contribution >= 4 is 23.2 Å². The summed E-state index contributed by atoms with van der Waals surface area (Å²) >= 11 is 6.16. The number of aromatic nitrogens is 4. The first-order valence-electron chi connectivity index (χ1n) is 6.79. The zero-order chi connectivity index (χ0) is 13.4. The van der Waals surface area contributed by atoms with Crippen LogP contribution in [0.3, 0.4) is 0 Å². The van der Waals surface area contributed by atoms with E-state index in [2.05, 4.69) is 27.3 Å². The zero-order valence-electron chi connectivity index (χ0n) is 11.2. The first kappa shape index (κ1) is 12.7. The average molecular weight is 280 g/mol. The molecular weight excluding hydrogens is 262 g/mol. The Kier molecular flexibility index (Phi) is 3.31. The number of hydrogen-bond donors (Lipinski definition) is 1. The molecule has 0 spiro atoms. The molecule has 0 radical (unpaired) electrons. The van der Waals surface area contributed by atoms with Gasteiger partial charge in [-0.05, 0) is 32.6 Å². The van der Waals surface area contributed by atoms with E-state index in [0.717, 1.165) is 17.3 Å². The van der Waals surface area contributed by atoms with Gasteiger partial charge in [-0.2, -0.15) is 19.6 Å². The van der Waals surface area contributed by atoms with Gasteiger partial charge in [0.25, 0.3) is 5.78 Å². The summed E-state index contributed by atoms with van der Waals surface area (Å²) in [6.45, 7) is 4.19. The summed E-state index contributed by atoms with van der Waals surface area (Å²) in [4.78, 5) is 8.32. The fraction of sp³-hybridized carbons (Fsp3) is 0.615. The van der Waals surface area contributed by atoms with E-state index in [1.165, 1.54) is 32.0 Å². The molecule has 1 aliphatic rings. The number of anilines is 1. The van der Waals surface area contributed by atoms with Crippen LogP contribution in [-0.2, 0) is 0 Å². The van der Waals surface area contributed by atoms with E-state index in [9.17, 15) is 0 Å². The monoisotopic (exact) mass is 279 g/mol. The van der Waals surface area contributed by atoms with E-state index in [1.807, 2.05) is 6.92 Å². The Balaban J connectivity index is 1.94. The second-order valence-electron chi connectivity index (χ2n) is 5.33. The van der Waals surface area contributed by atoms with Gasteiger partial charge in [-0.1, -0.05) is 24.4 Å². The highest BCUT2D eigenvalue weighted by molar-refractivity contribution is 6.30. The van der Waals surface area contributed by atoms with Gasteiger partial charge >= 0.3 is 0 Å². The van der Waals surface area contributed by atoms with Gasteiger partial charge in [0, 0.05) is 11.6 Å². The number of nitrogens with one attached hydrogen (secondary N) is 1. The molecule has 3 rings (SSSR count). The van der Waals surface area contributed by atoms with Crippen LogP contribution in [0.2, 0.25) is 5.15 Å². The van der Waals surface area contributed by atoms with Gasteiger partial charge in [0.05, 0.1) is 0 Å². The molecule has 1 N–H and O–H groups in total. The highest BCUT2D eigenvalue weighted by atomic mass is 35.5. The van der Waals surface area contributed by atoms with Crippen LogP contribution in [0, 0.1) is 12.8 Å². The first-order chi connectivity index (χ1) is 9.16. The quantitative estimate of drug-likeness (QED) is 0.877. The van der Waals surface area contributed by atoms with Crippen LogP contribution >= 0.6 is 11.6 Å². The maximum atomic E-state index is 6.16. The summed E-state index contributed by atoms with van der Waals surface area (Å²) in [6, 6.07) is 0.409. The van der Waals surface area contributed by atoms with Crippen LogP contribution in [0.25, 0.3) is 5.78 Å². The molecule has 1 unspecified atom stereocenters. The van der Waals surface area contributed by atoms with Crippen LogP contribution < -0.4 is 5.32 Å². The summed E-state index contributed by atoms with van der Waals surface area (Å²) in [5, 5.41) is 8.27. The first-order valence-corrected chi connectivity index (χ1v) is 7.17. The summed E-state index contributed by atoms with van der Waals surface area (Å²) in [7, 11) is 0. The lowest BCUT2D eigenvalue weighted by Gasteiger charge is -2.23. The Labute approximate surface area is 117 Å². The van der Waals surface area contributed by atoms with Crippen LogP contribution in [0.4, 0.5) is 5.82 Å². The minimum Gasteiger partial charge on any atom is -0.367 e. The van der Waals surface area contributed by atoms with Crippen molar-refractivity contribution in [2.24, 2.45) is 5.92 Å². The SMILES string of the molecule is Cc1c(Cl)nc2ncnn2c1NC(C)C1CCCC1. The average Bonchev–Trinajstić information content (AvgIpc) is 3.04. The van der Waals surface area contributed by atoms with E-state index in [-0.39, 0.29) is 0 Å². The molecule has 1 saturated carbocycles. The molecule has 2 heterocycles. The fourth-order valence-corrected chi connectivity index (χ4v) is 3.02. The predicted molar refractivity (Wildman–Crippen MR) is 75.6 cm³/mol. The Morgan fingerprint density at radius 2 is 2.16 bits per heavy atom. The molecule has 19 heavy (non-hydrogen) atoms. The van der Waals surface area contributed by atoms with Gasteiger partial charge in [0.15, 0.2) is 0 Å². The normalized spacial score (nSPS) is 18.1. The molecular formula is C13H18ClN5. The second kappa shape index (κ2) is 4.96. The van der Waals surface area contributed by atoms with E-state index >= 15 is 0 Å². The summed E-state index contributed by atoms with van der Waals surface area (Å²) < 4.78 is 1.73. The Bertz CT molecular complexity index is 588. The van der Waals surface area contributed by atoms with Gasteiger partial charge in [-0.3, -0.25) is 0 Å². The molecule has 0 saturated heterocycles. The number of halogens is 1. The van der Waals surface area contributed by atoms with Crippen LogP contribution in [0.5, 0.6) is 0 Å². The van der Waals surface area contributed by atoms with E-state index in [1.54, 1.807) is 4.52 Å². The summed E-state index contributed by atoms with van der Waals surface area (Å²) in [5.74, 6) is 2.17. The van der Waals surface area contributed by atoms with E-state index in [0.29, 0.717) is 17.0 Å². The molecule has 5 nitrogen and oxygen atoms in total. The maximum absolute atomic E-state index is 6.16. The third kappa shape index (κ3) is 2.27. The molecule has 102 valence electrons. The zero-order valence-corrected chi connectivity index (χ0v) is 12.0. The molecule has 6 heteroatoms. The van der Waals surface area contributed by atoms with Gasteiger partial charge in [0.1, 0.15) is 17.3 Å². The lowest BCUT2D eigenvalue weighted by molar-refractivity contribution is 0.480. The van der Waals surface area contributed by atoms with Crippen LogP contribution in [-0.4, -0.2) is 25.6 Å². The number of rotatable bonds is 3. The standard InChI is InChI=1S/C13H18ClN5/c1-8-11(14)18-13-15-7-16-19(13)12(8)17-9(2)10-5-3-4-6-10/h7,9-10,17H,3-6H2,1-2H3. The van der Waals surface area contributed by atoms with E-state index < -0.39 is 0 Å². The second-order valence-corrected chi connectivity index (χ2v) is 5.68. The van der Waals surface area contributed by atoms with Crippen molar-refractivity contribution in [3.63, 3.8) is 0 Å². The maximum Gasteiger partial charge on any atom is 0.255 e. The van der Waals surface area contributed by atoms with Gasteiger partial charge in [0.2, 0.25) is 0 Å². The Morgan fingerprint density at radius 1 is 1.42 bits per heavy atom. The minimum absolute atomic E-state index is 0.409. The number of fused-ring (bicyclic) bond motifs is 1. The van der Waals surface area contributed by atoms with Crippen LogP contribution in [0.15, 0.2) is 6.33 Å². The van der Waals surface area contributed by atoms with Crippen molar-refractivity contribution in [1.82, 2.24) is 19.6 Å². The van der Waals surface area contributed by atoms with Gasteiger partial charge < -0.3 is 5.32 Å². The molecule has 0 bridgehead atoms. The molecule has 1 atom stereocenters. The Hall–Kier alpha value is -1.36. The van der Waals surface area contributed by atoms with Crippen molar-refractivity contribution < 1.29 is 0 Å². The molecule has 1 fully saturated rings. The lowest BCUT2D eigenvalue weighted by atomic mass is 10.00. The molecule has 0 amide bonds. The largest absolute Gasteiger partial charge is 0.367 e. The minimum atomic E-state index is 0.409. The van der Waals surface area contributed by atoms with Crippen molar-refractivity contribution in [2.75, 3.05) is 5.32 Å². The smallest absolute Gasteiger partial charge is 0.255 e. The lowest BCUT2D eigenvalue weighted by Crippen LogP contribution is -2.26. The molecule has 0 aliphatic heterocycles. The fourth-order valence-electron chi connectivity index (χ4n) is 2.86. The number of hydrogen-bond acceptors (Lipinski definition) is 4. The van der Waals surface area contributed by atoms with Crippen molar-refractivity contribution in [1.29, 1.82) is 0 Å². The summed E-state index contributed by atoms with van der Waals surface area (Å²) in [5.41, 5.74) is 0.921. The van der Waals surface area contributed by atoms with Crippen molar-refractivity contribution in [3.8, 4) is 0 Å². The summed E-state index contributed by atoms with van der Waals surface area (Å²) in [6.07, 6.45) is 6.78. The molecule has 2 aromatic rings. The highest BCUT2D eigenvalue weighted by Gasteiger charge is 2.23. The molecule has 0 aromatic carbocycles. The third-order valence-corrected chi connectivity index (χ3v) is 4.44. The van der Waals surface area contributed by atoms with Gasteiger partial charge in [-0.25, -0.2) is 0 Å². The van der Waals surface area contributed by atoms with Crippen molar-refractivity contribution in [2.45, 2.75) is 45.6 Å². The molecule has 1 aliphatic carbocycles. The number of nitrogens with zero attached hydrogens (tertiary/aromatic N) is 4. The Morgan fingerprint density at radius 3 is 2.89 bits per heavy atom. The predicted octanol–water partition coefficient (Wildman–Crippen LogP) is 3.08. The van der Waals surface area contributed by atoms with Crippen LogP contribution in [0.1, 0.15) is 38.2 Å². The highest BCUT2D eigenvalue weighted by Crippen LogP contribution is 2.30. The van der Waals surface area contributed by atoms with E-state index in [4.69, 9.17) is 11.6 Å².